The molecule has 190 valence electrons. The summed E-state index contributed by atoms with van der Waals surface area (Å²) in [6.07, 6.45) is 2.67. The highest BCUT2D eigenvalue weighted by Gasteiger charge is 2.33. The van der Waals surface area contributed by atoms with Crippen LogP contribution in [0.5, 0.6) is 0 Å². The topological polar surface area (TPSA) is 79.2 Å². The second-order valence-corrected chi connectivity index (χ2v) is 10.2. The zero-order valence-electron chi connectivity index (χ0n) is 20.9. The number of hydrogen-bond donors (Lipinski definition) is 1. The molecule has 5 nitrogen and oxygen atoms in total. The minimum atomic E-state index is -0.917. The van der Waals surface area contributed by atoms with Crippen molar-refractivity contribution < 1.29 is 14.3 Å². The maximum absolute atomic E-state index is 13.5. The Hall–Kier alpha value is -3.62. The molecule has 37 heavy (non-hydrogen) atoms. The van der Waals surface area contributed by atoms with Crippen LogP contribution in [0.15, 0.2) is 78.9 Å². The predicted molar refractivity (Wildman–Crippen MR) is 144 cm³/mol. The summed E-state index contributed by atoms with van der Waals surface area (Å²) in [6.45, 7) is 1.95. The predicted octanol–water partition coefficient (Wildman–Crippen LogP) is 6.00. The van der Waals surface area contributed by atoms with Crippen molar-refractivity contribution >= 4 is 23.5 Å². The fraction of sp³-hybridized carbons (Fsp3) is 0.323. The number of amides is 1. The Labute approximate surface area is 223 Å². The summed E-state index contributed by atoms with van der Waals surface area (Å²) < 4.78 is 5.77. The number of ether oxygens (including phenoxy) is 1. The van der Waals surface area contributed by atoms with Crippen molar-refractivity contribution in [3.05, 3.63) is 106 Å². The van der Waals surface area contributed by atoms with E-state index in [0.717, 1.165) is 36.0 Å². The molecule has 3 aromatic carbocycles. The van der Waals surface area contributed by atoms with E-state index >= 15 is 0 Å². The first kappa shape index (κ1) is 26.4. The van der Waals surface area contributed by atoms with Crippen LogP contribution in [0.1, 0.15) is 54.4 Å². The van der Waals surface area contributed by atoms with Gasteiger partial charge in [0.05, 0.1) is 17.6 Å². The molecule has 0 aliphatic heterocycles. The zero-order valence-corrected chi connectivity index (χ0v) is 21.7. The summed E-state index contributed by atoms with van der Waals surface area (Å²) in [5.41, 5.74) is 3.51. The van der Waals surface area contributed by atoms with Crippen LogP contribution < -0.4 is 5.32 Å². The second-order valence-electron chi connectivity index (χ2n) is 9.71. The van der Waals surface area contributed by atoms with Crippen LogP contribution in [0.25, 0.3) is 0 Å². The molecule has 1 fully saturated rings. The Morgan fingerprint density at radius 3 is 2.35 bits per heavy atom. The second kappa shape index (κ2) is 12.6. The highest BCUT2D eigenvalue weighted by Crippen LogP contribution is 2.29. The van der Waals surface area contributed by atoms with Gasteiger partial charge in [0.2, 0.25) is 0 Å². The number of carbonyl (C=O) groups is 2. The number of halogens is 1. The minimum Gasteiger partial charge on any atom is -0.452 e. The van der Waals surface area contributed by atoms with E-state index in [4.69, 9.17) is 16.3 Å². The first-order valence-corrected chi connectivity index (χ1v) is 13.1. The summed E-state index contributed by atoms with van der Waals surface area (Å²) in [4.78, 5) is 26.2. The summed E-state index contributed by atoms with van der Waals surface area (Å²) in [7, 11) is 0. The number of esters is 1. The van der Waals surface area contributed by atoms with Crippen LogP contribution in [0.4, 0.5) is 0 Å². The van der Waals surface area contributed by atoms with Crippen molar-refractivity contribution in [1.82, 2.24) is 5.32 Å². The Kier molecular flexibility index (Phi) is 8.98. The number of carbonyl (C=O) groups excluding carboxylic acids is 2. The highest BCUT2D eigenvalue weighted by molar-refractivity contribution is 6.30. The van der Waals surface area contributed by atoms with Crippen molar-refractivity contribution in [2.45, 2.75) is 57.1 Å². The lowest BCUT2D eigenvalue weighted by Crippen LogP contribution is -2.46. The minimum absolute atomic E-state index is 0.113. The fourth-order valence-corrected chi connectivity index (χ4v) is 4.74. The van der Waals surface area contributed by atoms with Gasteiger partial charge in [-0.25, -0.2) is 0 Å². The van der Waals surface area contributed by atoms with Crippen molar-refractivity contribution in [2.75, 3.05) is 0 Å². The van der Waals surface area contributed by atoms with Gasteiger partial charge in [0, 0.05) is 23.4 Å². The Morgan fingerprint density at radius 1 is 1.00 bits per heavy atom. The van der Waals surface area contributed by atoms with Gasteiger partial charge in [-0.05, 0) is 67.1 Å². The third-order valence-electron chi connectivity index (χ3n) is 7.04. The lowest BCUT2D eigenvalue weighted by atomic mass is 9.85. The van der Waals surface area contributed by atoms with Crippen LogP contribution >= 0.6 is 11.6 Å². The molecular weight excluding hydrogens is 484 g/mol. The van der Waals surface area contributed by atoms with Gasteiger partial charge in [0.25, 0.3) is 5.91 Å². The molecule has 0 spiro atoms. The molecular formula is C31H31ClN2O3. The largest absolute Gasteiger partial charge is 0.452 e. The third-order valence-corrected chi connectivity index (χ3v) is 7.29. The summed E-state index contributed by atoms with van der Waals surface area (Å²) in [5.74, 6) is -0.844. The van der Waals surface area contributed by atoms with Gasteiger partial charge in [0.1, 0.15) is 0 Å². The zero-order chi connectivity index (χ0) is 26.2. The van der Waals surface area contributed by atoms with Crippen LogP contribution in [0.3, 0.4) is 0 Å². The molecule has 4 rings (SSSR count). The highest BCUT2D eigenvalue weighted by atomic mass is 35.5. The molecule has 1 saturated carbocycles. The maximum atomic E-state index is 13.5. The molecule has 1 N–H and O–H groups in total. The van der Waals surface area contributed by atoms with E-state index in [1.165, 1.54) is 0 Å². The third kappa shape index (κ3) is 7.21. The number of nitrogens with zero attached hydrogens (tertiary/aromatic N) is 1. The first-order valence-electron chi connectivity index (χ1n) is 12.7. The van der Waals surface area contributed by atoms with Gasteiger partial charge in [0.15, 0.2) is 6.10 Å². The molecule has 3 unspecified atom stereocenters. The molecule has 3 atom stereocenters. The molecule has 1 aliphatic carbocycles. The number of nitriles is 1. The summed E-state index contributed by atoms with van der Waals surface area (Å²) in [6, 6.07) is 26.6. The van der Waals surface area contributed by atoms with E-state index in [1.54, 1.807) is 6.07 Å². The molecule has 0 aromatic heterocycles. The van der Waals surface area contributed by atoms with E-state index in [9.17, 15) is 14.9 Å². The Bertz CT molecular complexity index is 1250. The van der Waals surface area contributed by atoms with Gasteiger partial charge in [-0.15, -0.1) is 0 Å². The van der Waals surface area contributed by atoms with Gasteiger partial charge >= 0.3 is 5.97 Å². The normalized spacial score (nSPS) is 15.5. The van der Waals surface area contributed by atoms with Crippen LogP contribution in [-0.4, -0.2) is 24.0 Å². The molecule has 0 heterocycles. The number of rotatable bonds is 10. The molecule has 0 saturated heterocycles. The smallest absolute Gasteiger partial charge is 0.309 e. The van der Waals surface area contributed by atoms with E-state index in [0.29, 0.717) is 23.4 Å². The Morgan fingerprint density at radius 2 is 1.70 bits per heavy atom. The van der Waals surface area contributed by atoms with E-state index in [1.807, 2.05) is 79.7 Å². The fourth-order valence-electron chi connectivity index (χ4n) is 4.61. The van der Waals surface area contributed by atoms with Gasteiger partial charge < -0.3 is 10.1 Å². The van der Waals surface area contributed by atoms with Crippen molar-refractivity contribution in [1.29, 1.82) is 5.26 Å². The molecule has 1 amide bonds. The van der Waals surface area contributed by atoms with Crippen LogP contribution in [-0.2, 0) is 27.2 Å². The monoisotopic (exact) mass is 514 g/mol. The van der Waals surface area contributed by atoms with Crippen molar-refractivity contribution in [2.24, 2.45) is 5.92 Å². The average Bonchev–Trinajstić information content (AvgIpc) is 2.87. The maximum Gasteiger partial charge on any atom is 0.309 e. The molecule has 0 bridgehead atoms. The summed E-state index contributed by atoms with van der Waals surface area (Å²) in [5, 5.41) is 13.2. The molecule has 3 aromatic rings. The lowest BCUT2D eigenvalue weighted by molar-refractivity contribution is -0.162. The quantitative estimate of drug-likeness (QED) is 0.337. The molecule has 6 heteroatoms. The molecule has 1 aliphatic rings. The van der Waals surface area contributed by atoms with Crippen LogP contribution in [0, 0.1) is 17.2 Å². The average molecular weight is 515 g/mol. The van der Waals surface area contributed by atoms with Crippen LogP contribution in [0.2, 0.25) is 5.02 Å². The number of benzene rings is 3. The Balaban J connectivity index is 1.55. The van der Waals surface area contributed by atoms with E-state index in [2.05, 4.69) is 11.4 Å². The van der Waals surface area contributed by atoms with Crippen molar-refractivity contribution in [3.63, 3.8) is 0 Å². The lowest BCUT2D eigenvalue weighted by Gasteiger charge is -2.29. The standard InChI is InChI=1S/C31H31ClN2O3/c1-21(28(18-23-13-15-27(32)16-14-23)26-12-5-9-24(17-26)20-33)34-30(35)29(19-22-7-3-2-4-8-22)37-31(36)25-10-6-11-25/h2-5,7-9,12-17,21,25,28-29H,6,10-11,18-19H2,1H3,(H,34,35). The van der Waals surface area contributed by atoms with E-state index < -0.39 is 6.10 Å². The van der Waals surface area contributed by atoms with E-state index in [-0.39, 0.29) is 29.8 Å². The van der Waals surface area contributed by atoms with Gasteiger partial charge in [-0.3, -0.25) is 9.59 Å². The first-order chi connectivity index (χ1) is 17.9. The van der Waals surface area contributed by atoms with Crippen molar-refractivity contribution in [3.8, 4) is 6.07 Å². The van der Waals surface area contributed by atoms with Gasteiger partial charge in [-0.2, -0.15) is 5.26 Å². The SMILES string of the molecule is CC(NC(=O)C(Cc1ccccc1)OC(=O)C1CCC1)C(Cc1ccc(Cl)cc1)c1cccc(C#N)c1. The summed E-state index contributed by atoms with van der Waals surface area (Å²) >= 11 is 6.08. The number of hydrogen-bond acceptors (Lipinski definition) is 4. The molecule has 0 radical (unpaired) electrons. The van der Waals surface area contributed by atoms with Gasteiger partial charge in [-0.1, -0.05) is 72.6 Å². The number of nitrogens with one attached hydrogen (secondary N) is 1.